The highest BCUT2D eigenvalue weighted by Gasteiger charge is 2.37. The molecule has 7 heteroatoms. The van der Waals surface area contributed by atoms with Gasteiger partial charge in [0.05, 0.1) is 5.69 Å². The Morgan fingerprint density at radius 2 is 2.06 bits per heavy atom. The largest absolute Gasteiger partial charge is 0.416 e. The Balaban J connectivity index is 2.78. The third-order valence-electron chi connectivity index (χ3n) is 1.99. The van der Waals surface area contributed by atoms with Gasteiger partial charge in [-0.3, -0.25) is 0 Å². The average molecular weight is 248 g/mol. The number of nitrogens with one attached hydrogen (secondary N) is 1. The molecule has 2 N–H and O–H groups in total. The highest BCUT2D eigenvalue weighted by atomic mass is 19.4. The Labute approximate surface area is 94.3 Å². The van der Waals surface area contributed by atoms with Gasteiger partial charge in [0.15, 0.2) is 6.10 Å². The summed E-state index contributed by atoms with van der Waals surface area (Å²) in [7, 11) is 0. The fourth-order valence-corrected chi connectivity index (χ4v) is 1.11. The molecule has 1 atom stereocenters. The van der Waals surface area contributed by atoms with Crippen LogP contribution in [-0.4, -0.2) is 23.9 Å². The van der Waals surface area contributed by atoms with Crippen LogP contribution in [0.1, 0.15) is 5.56 Å². The summed E-state index contributed by atoms with van der Waals surface area (Å²) in [6, 6.07) is 5.05. The maximum Gasteiger partial charge on any atom is 0.416 e. The van der Waals surface area contributed by atoms with Gasteiger partial charge < -0.3 is 10.4 Å². The zero-order valence-electron chi connectivity index (χ0n) is 8.42. The maximum atomic E-state index is 13.1. The molecule has 0 fully saturated rings. The van der Waals surface area contributed by atoms with Gasteiger partial charge in [0.25, 0.3) is 0 Å². The third kappa shape index (κ3) is 3.32. The van der Waals surface area contributed by atoms with Gasteiger partial charge >= 0.3 is 6.18 Å². The van der Waals surface area contributed by atoms with E-state index in [9.17, 15) is 17.6 Å². The van der Waals surface area contributed by atoms with Gasteiger partial charge in [-0.1, -0.05) is 6.07 Å². The van der Waals surface area contributed by atoms with Gasteiger partial charge in [0.1, 0.15) is 17.4 Å². The molecule has 1 aromatic carbocycles. The predicted octanol–water partition coefficient (Wildman–Crippen LogP) is 2.03. The van der Waals surface area contributed by atoms with Crippen LogP contribution in [0.3, 0.4) is 0 Å². The molecule has 3 nitrogen and oxygen atoms in total. The molecule has 1 aromatic rings. The van der Waals surface area contributed by atoms with Gasteiger partial charge in [-0.05, 0) is 12.1 Å². The summed E-state index contributed by atoms with van der Waals surface area (Å²) in [4.78, 5) is 0. The number of aliphatic hydroxyl groups excluding tert-OH is 1. The number of hydrogen-bond acceptors (Lipinski definition) is 3. The van der Waals surface area contributed by atoms with E-state index in [4.69, 9.17) is 10.4 Å². The van der Waals surface area contributed by atoms with E-state index in [1.165, 1.54) is 18.2 Å². The van der Waals surface area contributed by atoms with Crippen molar-refractivity contribution in [1.82, 2.24) is 0 Å². The predicted molar refractivity (Wildman–Crippen MR) is 51.7 cm³/mol. The third-order valence-corrected chi connectivity index (χ3v) is 1.99. The highest BCUT2D eigenvalue weighted by Crippen LogP contribution is 2.22. The first-order chi connectivity index (χ1) is 7.86. The van der Waals surface area contributed by atoms with Gasteiger partial charge in [-0.15, -0.1) is 0 Å². The van der Waals surface area contributed by atoms with Crippen molar-refractivity contribution in [3.05, 3.63) is 29.6 Å². The highest BCUT2D eigenvalue weighted by molar-refractivity contribution is 5.57. The summed E-state index contributed by atoms with van der Waals surface area (Å²) >= 11 is 0. The van der Waals surface area contributed by atoms with E-state index in [1.54, 1.807) is 0 Å². The minimum atomic E-state index is -4.76. The van der Waals surface area contributed by atoms with Crippen molar-refractivity contribution in [2.45, 2.75) is 12.3 Å². The van der Waals surface area contributed by atoms with Crippen molar-refractivity contribution >= 4 is 5.69 Å². The molecule has 0 spiro atoms. The molecule has 0 aliphatic heterocycles. The number of rotatable bonds is 3. The van der Waals surface area contributed by atoms with Crippen LogP contribution in [0.15, 0.2) is 18.2 Å². The summed E-state index contributed by atoms with van der Waals surface area (Å²) < 4.78 is 49.0. The molecule has 0 aromatic heterocycles. The zero-order chi connectivity index (χ0) is 13.1. The lowest BCUT2D eigenvalue weighted by Crippen LogP contribution is -2.35. The first kappa shape index (κ1) is 13.3. The number of alkyl halides is 3. The Hall–Kier alpha value is -1.81. The average Bonchev–Trinajstić information content (AvgIpc) is 2.24. The zero-order valence-corrected chi connectivity index (χ0v) is 8.42. The lowest BCUT2D eigenvalue weighted by Gasteiger charge is -2.16. The number of nitrogens with zero attached hydrogens (tertiary/aromatic N) is 1. The van der Waals surface area contributed by atoms with E-state index in [0.29, 0.717) is 0 Å². The summed E-state index contributed by atoms with van der Waals surface area (Å²) in [5.74, 6) is -0.834. The van der Waals surface area contributed by atoms with Crippen molar-refractivity contribution in [1.29, 1.82) is 5.26 Å². The molecule has 0 aliphatic rings. The van der Waals surface area contributed by atoms with Crippen LogP contribution in [0.2, 0.25) is 0 Å². The molecule has 1 unspecified atom stereocenters. The maximum absolute atomic E-state index is 13.1. The molecule has 17 heavy (non-hydrogen) atoms. The fourth-order valence-electron chi connectivity index (χ4n) is 1.11. The number of benzene rings is 1. The summed E-state index contributed by atoms with van der Waals surface area (Å²) in [5, 5.41) is 19.5. The molecule has 0 heterocycles. The number of nitriles is 1. The van der Waals surface area contributed by atoms with Crippen LogP contribution >= 0.6 is 0 Å². The van der Waals surface area contributed by atoms with Crippen molar-refractivity contribution in [3.8, 4) is 6.07 Å². The van der Waals surface area contributed by atoms with Crippen molar-refractivity contribution < 1.29 is 22.7 Å². The fraction of sp³-hybridized carbons (Fsp3) is 0.300. The molecule has 1 rings (SSSR count). The SMILES string of the molecule is N#Cc1c(F)cccc1NCC(O)C(F)(F)F. The van der Waals surface area contributed by atoms with Crippen LogP contribution in [0, 0.1) is 17.1 Å². The van der Waals surface area contributed by atoms with Gasteiger partial charge in [-0.2, -0.15) is 18.4 Å². The van der Waals surface area contributed by atoms with Crippen LogP contribution in [0.25, 0.3) is 0 Å². The van der Waals surface area contributed by atoms with Gasteiger partial charge in [-0.25, -0.2) is 4.39 Å². The molecule has 0 aliphatic carbocycles. The number of hydrogen-bond donors (Lipinski definition) is 2. The lowest BCUT2D eigenvalue weighted by molar-refractivity contribution is -0.198. The quantitative estimate of drug-likeness (QED) is 0.805. The van der Waals surface area contributed by atoms with Crippen LogP contribution in [0.5, 0.6) is 0 Å². The van der Waals surface area contributed by atoms with E-state index in [1.807, 2.05) is 0 Å². The molecule has 0 radical (unpaired) electrons. The normalized spacial score (nSPS) is 12.9. The number of halogens is 4. The van der Waals surface area contributed by atoms with E-state index in [-0.39, 0.29) is 11.3 Å². The Morgan fingerprint density at radius 1 is 1.41 bits per heavy atom. The number of aliphatic hydroxyl groups is 1. The standard InChI is InChI=1S/C10H8F4N2O/c11-7-2-1-3-8(6(7)4-15)16-5-9(17)10(12,13)14/h1-3,9,16-17H,5H2. The van der Waals surface area contributed by atoms with E-state index in [0.717, 1.165) is 6.07 Å². The molecule has 92 valence electrons. The second kappa shape index (κ2) is 5.01. The first-order valence-electron chi connectivity index (χ1n) is 4.53. The monoisotopic (exact) mass is 248 g/mol. The van der Waals surface area contributed by atoms with Gasteiger partial charge in [0.2, 0.25) is 0 Å². The first-order valence-corrected chi connectivity index (χ1v) is 4.53. The van der Waals surface area contributed by atoms with Crippen molar-refractivity contribution in [2.24, 2.45) is 0 Å². The number of anilines is 1. The van der Waals surface area contributed by atoms with Crippen LogP contribution < -0.4 is 5.32 Å². The second-order valence-corrected chi connectivity index (χ2v) is 3.21. The molecular weight excluding hydrogens is 240 g/mol. The van der Waals surface area contributed by atoms with E-state index < -0.39 is 24.6 Å². The van der Waals surface area contributed by atoms with Crippen molar-refractivity contribution in [3.63, 3.8) is 0 Å². The Kier molecular flexibility index (Phi) is 3.91. The van der Waals surface area contributed by atoms with Crippen LogP contribution in [-0.2, 0) is 0 Å². The van der Waals surface area contributed by atoms with Crippen molar-refractivity contribution in [2.75, 3.05) is 11.9 Å². The minimum Gasteiger partial charge on any atom is -0.382 e. The molecule has 0 saturated carbocycles. The lowest BCUT2D eigenvalue weighted by atomic mass is 10.2. The summed E-state index contributed by atoms with van der Waals surface area (Å²) in [6.07, 6.45) is -7.33. The Morgan fingerprint density at radius 3 is 2.59 bits per heavy atom. The summed E-state index contributed by atoms with van der Waals surface area (Å²) in [6.45, 7) is -0.846. The minimum absolute atomic E-state index is 0.0872. The van der Waals surface area contributed by atoms with Gasteiger partial charge in [0, 0.05) is 6.54 Å². The molecule has 0 saturated heterocycles. The summed E-state index contributed by atoms with van der Waals surface area (Å²) in [5.41, 5.74) is -0.474. The van der Waals surface area contributed by atoms with Crippen LogP contribution in [0.4, 0.5) is 23.2 Å². The van der Waals surface area contributed by atoms with E-state index in [2.05, 4.69) is 5.32 Å². The molecule has 0 amide bonds. The molecule has 0 bridgehead atoms. The second-order valence-electron chi connectivity index (χ2n) is 3.21. The Bertz CT molecular complexity index is 439. The molecular formula is C10H8F4N2O. The van der Waals surface area contributed by atoms with E-state index >= 15 is 0 Å². The smallest absolute Gasteiger partial charge is 0.382 e. The topological polar surface area (TPSA) is 56.0 Å².